The Bertz CT molecular complexity index is 677. The van der Waals surface area contributed by atoms with E-state index in [4.69, 9.17) is 0 Å². The molecule has 0 bridgehead atoms. The van der Waals surface area contributed by atoms with Crippen LogP contribution >= 0.6 is 0 Å². The molecule has 4 amide bonds. The normalized spacial score (nSPS) is 14.6. The summed E-state index contributed by atoms with van der Waals surface area (Å²) >= 11 is 0. The molecule has 146 valence electrons. The lowest BCUT2D eigenvalue weighted by atomic mass is 9.95. The second-order valence-electron chi connectivity index (χ2n) is 6.94. The summed E-state index contributed by atoms with van der Waals surface area (Å²) in [6, 6.07) is 6.64. The fraction of sp³-hybridized carbons (Fsp3) is 0.450. The lowest BCUT2D eigenvalue weighted by Gasteiger charge is -2.32. The Labute approximate surface area is 160 Å². The van der Waals surface area contributed by atoms with Crippen molar-refractivity contribution in [1.82, 2.24) is 10.2 Å². The molecule has 0 spiro atoms. The minimum atomic E-state index is -0.311. The number of amides is 4. The number of carbonyl (C=O) groups is 3. The zero-order valence-electron chi connectivity index (χ0n) is 16.0. The first kappa shape index (κ1) is 20.5. The molecule has 7 heteroatoms. The number of nitrogens with zero attached hydrogens (tertiary/aromatic N) is 1. The molecule has 3 N–H and O–H groups in total. The standard InChI is InChI=1S/C20H28N4O3/c1-4-11-21-20(27)23-17-7-5-16(6-8-17)22-18(25)15-9-12-24(13-10-15)19(26)14(2)3/h4-8,14-15H,1,9-13H2,2-3H3,(H,22,25)(H2,21,23,27). The smallest absolute Gasteiger partial charge is 0.319 e. The van der Waals surface area contributed by atoms with Gasteiger partial charge < -0.3 is 20.9 Å². The zero-order valence-corrected chi connectivity index (χ0v) is 16.0. The van der Waals surface area contributed by atoms with Crippen LogP contribution in [0.5, 0.6) is 0 Å². The van der Waals surface area contributed by atoms with Gasteiger partial charge in [0.2, 0.25) is 11.8 Å². The highest BCUT2D eigenvalue weighted by Gasteiger charge is 2.28. The Morgan fingerprint density at radius 3 is 2.19 bits per heavy atom. The summed E-state index contributed by atoms with van der Waals surface area (Å²) in [5.41, 5.74) is 1.31. The summed E-state index contributed by atoms with van der Waals surface area (Å²) in [6.45, 7) is 8.95. The number of rotatable bonds is 6. The third-order valence-corrected chi connectivity index (χ3v) is 4.49. The van der Waals surface area contributed by atoms with Crippen LogP contribution in [0.4, 0.5) is 16.2 Å². The summed E-state index contributed by atoms with van der Waals surface area (Å²) in [4.78, 5) is 37.9. The van der Waals surface area contributed by atoms with Crippen LogP contribution in [0.1, 0.15) is 26.7 Å². The fourth-order valence-electron chi connectivity index (χ4n) is 2.95. The number of nitrogens with one attached hydrogen (secondary N) is 3. The number of hydrogen-bond acceptors (Lipinski definition) is 3. The van der Waals surface area contributed by atoms with Crippen LogP contribution in [-0.2, 0) is 9.59 Å². The molecular weight excluding hydrogens is 344 g/mol. The summed E-state index contributed by atoms with van der Waals surface area (Å²) < 4.78 is 0. The van der Waals surface area contributed by atoms with Crippen molar-refractivity contribution in [3.63, 3.8) is 0 Å². The van der Waals surface area contributed by atoms with Crippen molar-refractivity contribution in [2.45, 2.75) is 26.7 Å². The van der Waals surface area contributed by atoms with Gasteiger partial charge >= 0.3 is 6.03 Å². The van der Waals surface area contributed by atoms with E-state index in [9.17, 15) is 14.4 Å². The van der Waals surface area contributed by atoms with Gasteiger partial charge in [-0.15, -0.1) is 6.58 Å². The molecule has 2 rings (SSSR count). The van der Waals surface area contributed by atoms with Gasteiger partial charge in [-0.1, -0.05) is 19.9 Å². The van der Waals surface area contributed by atoms with Gasteiger partial charge in [0.1, 0.15) is 0 Å². The van der Waals surface area contributed by atoms with Crippen molar-refractivity contribution in [2.75, 3.05) is 30.3 Å². The van der Waals surface area contributed by atoms with E-state index in [-0.39, 0.29) is 29.7 Å². The van der Waals surface area contributed by atoms with Crippen LogP contribution in [0.3, 0.4) is 0 Å². The predicted molar refractivity (Wildman–Crippen MR) is 106 cm³/mol. The minimum absolute atomic E-state index is 0.0126. The first-order chi connectivity index (χ1) is 12.9. The number of likely N-dealkylation sites (tertiary alicyclic amines) is 1. The van der Waals surface area contributed by atoms with Crippen LogP contribution in [0.15, 0.2) is 36.9 Å². The van der Waals surface area contributed by atoms with Crippen molar-refractivity contribution < 1.29 is 14.4 Å². The van der Waals surface area contributed by atoms with Crippen molar-refractivity contribution in [1.29, 1.82) is 0 Å². The lowest BCUT2D eigenvalue weighted by molar-refractivity contribution is -0.137. The number of benzene rings is 1. The third kappa shape index (κ3) is 6.13. The van der Waals surface area contributed by atoms with E-state index in [2.05, 4.69) is 22.5 Å². The van der Waals surface area contributed by atoms with E-state index in [1.165, 1.54) is 0 Å². The highest BCUT2D eigenvalue weighted by molar-refractivity contribution is 5.93. The fourth-order valence-corrected chi connectivity index (χ4v) is 2.95. The highest BCUT2D eigenvalue weighted by atomic mass is 16.2. The van der Waals surface area contributed by atoms with Gasteiger partial charge in [0.05, 0.1) is 0 Å². The molecule has 0 unspecified atom stereocenters. The highest BCUT2D eigenvalue weighted by Crippen LogP contribution is 2.21. The Kier molecular flexibility index (Phi) is 7.40. The van der Waals surface area contributed by atoms with Gasteiger partial charge in [0.25, 0.3) is 0 Å². The molecule has 27 heavy (non-hydrogen) atoms. The lowest BCUT2D eigenvalue weighted by Crippen LogP contribution is -2.43. The number of anilines is 2. The summed E-state index contributed by atoms with van der Waals surface area (Å²) in [6.07, 6.45) is 2.95. The zero-order chi connectivity index (χ0) is 19.8. The maximum Gasteiger partial charge on any atom is 0.319 e. The van der Waals surface area contributed by atoms with Gasteiger partial charge in [0, 0.05) is 42.8 Å². The molecule has 1 aromatic rings. The van der Waals surface area contributed by atoms with E-state index in [1.54, 1.807) is 30.3 Å². The van der Waals surface area contributed by atoms with E-state index >= 15 is 0 Å². The van der Waals surface area contributed by atoms with E-state index in [0.717, 1.165) is 0 Å². The molecule has 1 aromatic carbocycles. The van der Waals surface area contributed by atoms with E-state index in [1.807, 2.05) is 18.7 Å². The molecule has 1 heterocycles. The predicted octanol–water partition coefficient (Wildman–Crippen LogP) is 2.83. The molecule has 7 nitrogen and oxygen atoms in total. The van der Waals surface area contributed by atoms with Crippen LogP contribution in [0.2, 0.25) is 0 Å². The molecule has 0 aliphatic carbocycles. The second kappa shape index (κ2) is 9.75. The molecule has 0 atom stereocenters. The van der Waals surface area contributed by atoms with E-state index in [0.29, 0.717) is 43.9 Å². The topological polar surface area (TPSA) is 90.5 Å². The van der Waals surface area contributed by atoms with Gasteiger partial charge in [-0.2, -0.15) is 0 Å². The second-order valence-corrected chi connectivity index (χ2v) is 6.94. The molecule has 1 aliphatic heterocycles. The van der Waals surface area contributed by atoms with Crippen molar-refractivity contribution in [3.05, 3.63) is 36.9 Å². The number of carbonyl (C=O) groups excluding carboxylic acids is 3. The third-order valence-electron chi connectivity index (χ3n) is 4.49. The summed E-state index contributed by atoms with van der Waals surface area (Å²) in [5.74, 6) is 0.00945. The molecule has 0 radical (unpaired) electrons. The van der Waals surface area contributed by atoms with Gasteiger partial charge in [-0.05, 0) is 37.1 Å². The molecule has 0 aromatic heterocycles. The quantitative estimate of drug-likeness (QED) is 0.671. The number of urea groups is 1. The van der Waals surface area contributed by atoms with Crippen molar-refractivity contribution >= 4 is 29.2 Å². The Hall–Kier alpha value is -2.83. The summed E-state index contributed by atoms with van der Waals surface area (Å²) in [5, 5.41) is 8.23. The maximum absolute atomic E-state index is 12.5. The van der Waals surface area contributed by atoms with Crippen LogP contribution in [0, 0.1) is 11.8 Å². The molecular formula is C20H28N4O3. The van der Waals surface area contributed by atoms with Crippen LogP contribution in [0.25, 0.3) is 0 Å². The van der Waals surface area contributed by atoms with Gasteiger partial charge in [-0.3, -0.25) is 9.59 Å². The van der Waals surface area contributed by atoms with Gasteiger partial charge in [0.15, 0.2) is 0 Å². The average molecular weight is 372 g/mol. The number of hydrogen-bond donors (Lipinski definition) is 3. The largest absolute Gasteiger partial charge is 0.342 e. The number of piperidine rings is 1. The minimum Gasteiger partial charge on any atom is -0.342 e. The molecule has 1 fully saturated rings. The van der Waals surface area contributed by atoms with Crippen molar-refractivity contribution in [3.8, 4) is 0 Å². The Balaban J connectivity index is 1.81. The first-order valence-corrected chi connectivity index (χ1v) is 9.26. The van der Waals surface area contributed by atoms with Crippen molar-refractivity contribution in [2.24, 2.45) is 11.8 Å². The molecule has 1 aliphatic rings. The Morgan fingerprint density at radius 1 is 1.11 bits per heavy atom. The average Bonchev–Trinajstić information content (AvgIpc) is 2.67. The SMILES string of the molecule is C=CCNC(=O)Nc1ccc(NC(=O)C2CCN(C(=O)C(C)C)CC2)cc1. The summed E-state index contributed by atoms with van der Waals surface area (Å²) in [7, 11) is 0. The van der Waals surface area contributed by atoms with Crippen LogP contribution in [-0.4, -0.2) is 42.4 Å². The molecule has 1 saturated heterocycles. The monoisotopic (exact) mass is 372 g/mol. The first-order valence-electron chi connectivity index (χ1n) is 9.26. The van der Waals surface area contributed by atoms with Crippen LogP contribution < -0.4 is 16.0 Å². The van der Waals surface area contributed by atoms with E-state index < -0.39 is 0 Å². The maximum atomic E-state index is 12.5. The molecule has 0 saturated carbocycles. The Morgan fingerprint density at radius 2 is 1.67 bits per heavy atom. The van der Waals surface area contributed by atoms with Gasteiger partial charge in [-0.25, -0.2) is 4.79 Å².